The van der Waals surface area contributed by atoms with Gasteiger partial charge < -0.3 is 28.3 Å². The van der Waals surface area contributed by atoms with Crippen molar-refractivity contribution in [3.05, 3.63) is 47.5 Å². The molecule has 2 aromatic carbocycles. The first-order chi connectivity index (χ1) is 18.0. The number of nitrogens with zero attached hydrogens (tertiary/aromatic N) is 2. The van der Waals surface area contributed by atoms with E-state index in [-0.39, 0.29) is 0 Å². The van der Waals surface area contributed by atoms with Crippen LogP contribution in [0.5, 0.6) is 23.0 Å². The maximum atomic E-state index is 6.64. The highest BCUT2D eigenvalue weighted by Crippen LogP contribution is 2.49. The van der Waals surface area contributed by atoms with Crippen LogP contribution < -0.4 is 24.7 Å². The van der Waals surface area contributed by atoms with Crippen molar-refractivity contribution in [1.82, 2.24) is 0 Å². The average Bonchev–Trinajstić information content (AvgIpc) is 3.12. The largest absolute Gasteiger partial charge is 0.497 e. The standard InChI is InChI=1S/C28H38BN3O6/c1-26(2)27(3,4)38-29(37-26)28(16-19-10-12-21(34-6)15-23(19)36-8)17-31-25(30)32-24(28)13-18-9-11-20(33-5)14-22(18)35-7/h9-12,14-15,17,25H,13,16,30H2,1-8H3. The second-order valence-corrected chi connectivity index (χ2v) is 10.6. The Bertz CT molecular complexity index is 1220. The zero-order valence-electron chi connectivity index (χ0n) is 23.5. The molecule has 38 heavy (non-hydrogen) atoms. The van der Waals surface area contributed by atoms with Gasteiger partial charge in [0.1, 0.15) is 23.0 Å². The molecule has 0 radical (unpaired) electrons. The van der Waals surface area contributed by atoms with Crippen molar-refractivity contribution in [1.29, 1.82) is 0 Å². The molecule has 204 valence electrons. The predicted octanol–water partition coefficient (Wildman–Crippen LogP) is 4.11. The lowest BCUT2D eigenvalue weighted by Gasteiger charge is -2.37. The summed E-state index contributed by atoms with van der Waals surface area (Å²) in [5.74, 6) is 2.78. The number of benzene rings is 2. The number of aliphatic imine (C=N–C) groups is 2. The Labute approximate surface area is 225 Å². The summed E-state index contributed by atoms with van der Waals surface area (Å²) in [5, 5.41) is -0.881. The maximum Gasteiger partial charge on any atom is 0.476 e. The van der Waals surface area contributed by atoms with Crippen molar-refractivity contribution in [3.8, 4) is 23.0 Å². The molecule has 10 heteroatoms. The van der Waals surface area contributed by atoms with Crippen molar-refractivity contribution in [2.24, 2.45) is 15.7 Å². The monoisotopic (exact) mass is 523 g/mol. The molecular weight excluding hydrogens is 485 g/mol. The summed E-state index contributed by atoms with van der Waals surface area (Å²) in [7, 11) is 5.85. The molecule has 2 aliphatic heterocycles. The fraction of sp³-hybridized carbons (Fsp3) is 0.500. The van der Waals surface area contributed by atoms with E-state index in [0.717, 1.165) is 16.8 Å². The lowest BCUT2D eigenvalue weighted by atomic mass is 9.51. The van der Waals surface area contributed by atoms with Gasteiger partial charge in [-0.2, -0.15) is 0 Å². The second kappa shape index (κ2) is 10.6. The minimum absolute atomic E-state index is 0.440. The van der Waals surface area contributed by atoms with E-state index in [0.29, 0.717) is 35.8 Å². The zero-order valence-corrected chi connectivity index (χ0v) is 23.5. The highest BCUT2D eigenvalue weighted by molar-refractivity contribution is 6.62. The molecule has 0 aliphatic carbocycles. The van der Waals surface area contributed by atoms with Gasteiger partial charge in [0.05, 0.1) is 45.0 Å². The van der Waals surface area contributed by atoms with Crippen LogP contribution in [0.25, 0.3) is 0 Å². The molecule has 1 fully saturated rings. The summed E-state index contributed by atoms with van der Waals surface area (Å²) in [4.78, 5) is 9.42. The first-order valence-electron chi connectivity index (χ1n) is 12.6. The van der Waals surface area contributed by atoms with Crippen molar-refractivity contribution in [2.45, 2.75) is 63.3 Å². The minimum atomic E-state index is -0.881. The van der Waals surface area contributed by atoms with E-state index in [9.17, 15) is 0 Å². The summed E-state index contributed by atoms with van der Waals surface area (Å²) in [6.45, 7) is 8.13. The van der Waals surface area contributed by atoms with Crippen molar-refractivity contribution >= 4 is 19.0 Å². The maximum absolute atomic E-state index is 6.64. The highest BCUT2D eigenvalue weighted by Gasteiger charge is 2.61. The van der Waals surface area contributed by atoms with Crippen LogP contribution in [0.1, 0.15) is 38.8 Å². The number of nitrogens with two attached hydrogens (primary N) is 1. The van der Waals surface area contributed by atoms with Crippen LogP contribution >= 0.6 is 0 Å². The van der Waals surface area contributed by atoms with Crippen molar-refractivity contribution < 1.29 is 28.3 Å². The number of methoxy groups -OCH3 is 4. The Balaban J connectivity index is 1.85. The Kier molecular flexibility index (Phi) is 7.79. The van der Waals surface area contributed by atoms with Gasteiger partial charge in [-0.15, -0.1) is 0 Å². The molecule has 2 atom stereocenters. The fourth-order valence-electron chi connectivity index (χ4n) is 4.78. The number of hydrogen-bond donors (Lipinski definition) is 1. The first kappa shape index (κ1) is 27.9. The van der Waals surface area contributed by atoms with Crippen LogP contribution in [0.2, 0.25) is 5.31 Å². The van der Waals surface area contributed by atoms with Gasteiger partial charge in [0.25, 0.3) is 0 Å². The van der Waals surface area contributed by atoms with E-state index in [1.165, 1.54) is 0 Å². The smallest absolute Gasteiger partial charge is 0.476 e. The van der Waals surface area contributed by atoms with Gasteiger partial charge in [-0.3, -0.25) is 15.7 Å². The molecule has 2 N–H and O–H groups in total. The summed E-state index contributed by atoms with van der Waals surface area (Å²) in [6.07, 6.45) is 2.00. The minimum Gasteiger partial charge on any atom is -0.497 e. The normalized spacial score (nSPS) is 23.7. The molecule has 1 saturated heterocycles. The van der Waals surface area contributed by atoms with E-state index in [4.69, 9.17) is 39.0 Å². The van der Waals surface area contributed by atoms with Gasteiger partial charge in [0.15, 0.2) is 6.29 Å². The summed E-state index contributed by atoms with van der Waals surface area (Å²) < 4.78 is 35.5. The summed E-state index contributed by atoms with van der Waals surface area (Å²) in [6, 6.07) is 11.5. The highest BCUT2D eigenvalue weighted by atomic mass is 16.7. The second-order valence-electron chi connectivity index (χ2n) is 10.6. The van der Waals surface area contributed by atoms with Crippen LogP contribution in [0.3, 0.4) is 0 Å². The molecule has 0 aromatic heterocycles. The molecule has 4 rings (SSSR count). The van der Waals surface area contributed by atoms with E-state index in [2.05, 4.69) is 4.99 Å². The van der Waals surface area contributed by atoms with Crippen LogP contribution in [0.4, 0.5) is 0 Å². The number of rotatable bonds is 9. The average molecular weight is 523 g/mol. The SMILES string of the molecule is COc1ccc(CC2=NC(N)N=CC2(Cc2ccc(OC)cc2OC)B2OC(C)(C)C(C)(C)O2)c(OC)c1. The first-order valence-corrected chi connectivity index (χ1v) is 12.6. The van der Waals surface area contributed by atoms with Crippen LogP contribution in [0.15, 0.2) is 46.4 Å². The van der Waals surface area contributed by atoms with Gasteiger partial charge >= 0.3 is 7.12 Å². The van der Waals surface area contributed by atoms with Crippen LogP contribution in [-0.4, -0.2) is 65.0 Å². The predicted molar refractivity (Wildman–Crippen MR) is 149 cm³/mol. The molecule has 2 heterocycles. The molecule has 0 amide bonds. The number of hydrogen-bond acceptors (Lipinski definition) is 9. The molecule has 2 aliphatic rings. The van der Waals surface area contributed by atoms with E-state index < -0.39 is 29.9 Å². The Morgan fingerprint density at radius 2 is 1.34 bits per heavy atom. The fourth-order valence-corrected chi connectivity index (χ4v) is 4.78. The molecule has 2 aromatic rings. The van der Waals surface area contributed by atoms with Crippen LogP contribution in [0, 0.1) is 0 Å². The molecular formula is C28H38BN3O6. The molecule has 9 nitrogen and oxygen atoms in total. The zero-order chi connectivity index (χ0) is 27.7. The van der Waals surface area contributed by atoms with Crippen molar-refractivity contribution in [3.63, 3.8) is 0 Å². The quantitative estimate of drug-likeness (QED) is 0.493. The topological polar surface area (TPSA) is 106 Å². The Morgan fingerprint density at radius 1 is 0.816 bits per heavy atom. The van der Waals surface area contributed by atoms with Gasteiger partial charge in [-0.05, 0) is 57.4 Å². The van der Waals surface area contributed by atoms with Crippen molar-refractivity contribution in [2.75, 3.05) is 28.4 Å². The van der Waals surface area contributed by atoms with Gasteiger partial charge in [-0.1, -0.05) is 12.1 Å². The summed E-state index contributed by atoms with van der Waals surface area (Å²) in [5.41, 5.74) is 7.76. The number of ether oxygens (including phenoxy) is 4. The molecule has 0 bridgehead atoms. The third-order valence-corrected chi connectivity index (χ3v) is 7.79. The third kappa shape index (κ3) is 5.12. The van der Waals surface area contributed by atoms with E-state index >= 15 is 0 Å². The van der Waals surface area contributed by atoms with Gasteiger partial charge in [0, 0.05) is 30.5 Å². The molecule has 0 saturated carbocycles. The van der Waals surface area contributed by atoms with E-state index in [1.54, 1.807) is 28.4 Å². The lowest BCUT2D eigenvalue weighted by Crippen LogP contribution is -2.48. The Hall–Kier alpha value is -3.08. The Morgan fingerprint density at radius 3 is 1.87 bits per heavy atom. The van der Waals surface area contributed by atoms with Gasteiger partial charge in [-0.25, -0.2) is 0 Å². The van der Waals surface area contributed by atoms with Gasteiger partial charge in [0.2, 0.25) is 0 Å². The lowest BCUT2D eigenvalue weighted by molar-refractivity contribution is 0.00578. The summed E-state index contributed by atoms with van der Waals surface area (Å²) >= 11 is 0. The van der Waals surface area contributed by atoms with E-state index in [1.807, 2.05) is 70.3 Å². The van der Waals surface area contributed by atoms with Crippen LogP contribution in [-0.2, 0) is 22.2 Å². The third-order valence-electron chi connectivity index (χ3n) is 7.79. The molecule has 0 spiro atoms. The molecule has 2 unspecified atom stereocenters.